The molecule has 0 saturated heterocycles. The largest absolute Gasteiger partial charge is 0.408 e. The van der Waals surface area contributed by atoms with Crippen LogP contribution in [0.15, 0.2) is 53.8 Å². The van der Waals surface area contributed by atoms with Crippen molar-refractivity contribution < 1.29 is 26.0 Å². The fourth-order valence-electron chi connectivity index (χ4n) is 2.13. The fraction of sp³-hybridized carbons (Fsp3) is 0.143. The van der Waals surface area contributed by atoms with Crippen LogP contribution in [0.2, 0.25) is 0 Å². The topological polar surface area (TPSA) is 76.4 Å². The summed E-state index contributed by atoms with van der Waals surface area (Å²) in [5.74, 6) is -0.735. The molecule has 0 spiro atoms. The van der Waals surface area contributed by atoms with Gasteiger partial charge in [-0.3, -0.25) is 0 Å². The van der Waals surface area contributed by atoms with Crippen LogP contribution in [0.5, 0.6) is 0 Å². The van der Waals surface area contributed by atoms with E-state index in [9.17, 15) is 26.0 Å². The minimum absolute atomic E-state index is 0.338. The predicted molar refractivity (Wildman–Crippen MR) is 78.5 cm³/mol. The van der Waals surface area contributed by atoms with Crippen molar-refractivity contribution >= 4 is 15.7 Å². The Hall–Kier alpha value is -2.53. The number of hydrogen-bond acceptors (Lipinski definition) is 4. The normalized spacial score (nSPS) is 13.9. The average Bonchev–Trinajstić information content (AvgIpc) is 3.00. The van der Waals surface area contributed by atoms with Gasteiger partial charge in [0.1, 0.15) is 16.8 Å². The molecule has 3 aromatic rings. The summed E-state index contributed by atoms with van der Waals surface area (Å²) < 4.78 is 80.2. The zero-order valence-electron chi connectivity index (χ0n) is 12.3. The van der Waals surface area contributed by atoms with E-state index in [2.05, 4.69) is 10.1 Å². The Bertz CT molecular complexity index is 1000. The van der Waals surface area contributed by atoms with Gasteiger partial charge in [-0.15, -0.1) is 0 Å². The van der Waals surface area contributed by atoms with E-state index in [0.29, 0.717) is 5.65 Å². The molecule has 0 radical (unpaired) electrons. The second kappa shape index (κ2) is 6.08. The molecular weight excluding hydrogens is 364 g/mol. The number of halogens is 4. The summed E-state index contributed by atoms with van der Waals surface area (Å²) >= 11 is 0. The Balaban J connectivity index is 1.98. The minimum atomic E-state index is -4.92. The van der Waals surface area contributed by atoms with Gasteiger partial charge in [-0.25, -0.2) is 22.3 Å². The number of aromatic nitrogens is 3. The van der Waals surface area contributed by atoms with Gasteiger partial charge in [0.15, 0.2) is 5.65 Å². The zero-order valence-corrected chi connectivity index (χ0v) is 13.1. The number of fused-ring (bicyclic) bond motifs is 1. The lowest BCUT2D eigenvalue weighted by atomic mass is 10.1. The van der Waals surface area contributed by atoms with Gasteiger partial charge < -0.3 is 0 Å². The molecule has 0 aliphatic rings. The maximum atomic E-state index is 13.3. The van der Waals surface area contributed by atoms with Gasteiger partial charge in [-0.1, -0.05) is 12.1 Å². The Kier molecular flexibility index (Phi) is 4.21. The van der Waals surface area contributed by atoms with E-state index in [1.165, 1.54) is 12.3 Å². The van der Waals surface area contributed by atoms with Crippen LogP contribution in [0.1, 0.15) is 11.6 Å². The van der Waals surface area contributed by atoms with E-state index >= 15 is 0 Å². The number of nitrogens with one attached hydrogen (secondary N) is 1. The first-order chi connectivity index (χ1) is 11.7. The first kappa shape index (κ1) is 17.3. The van der Waals surface area contributed by atoms with E-state index in [1.54, 1.807) is 4.72 Å². The van der Waals surface area contributed by atoms with Crippen molar-refractivity contribution in [2.24, 2.45) is 0 Å². The number of sulfonamides is 1. The molecule has 6 nitrogen and oxygen atoms in total. The van der Waals surface area contributed by atoms with Gasteiger partial charge in [-0.05, 0) is 17.7 Å². The molecule has 0 fully saturated rings. The maximum absolute atomic E-state index is 13.3. The van der Waals surface area contributed by atoms with Crippen molar-refractivity contribution in [3.05, 3.63) is 60.3 Å². The van der Waals surface area contributed by atoms with Crippen molar-refractivity contribution in [3.63, 3.8) is 0 Å². The number of rotatable bonds is 4. The SMILES string of the molecule is O=S(=O)(N[C@H](c1ccc(F)cc1)C(F)(F)F)c1cnc2ccnn2c1. The van der Waals surface area contributed by atoms with E-state index in [4.69, 9.17) is 0 Å². The fourth-order valence-corrected chi connectivity index (χ4v) is 3.28. The molecular formula is C14H10F4N4O2S. The van der Waals surface area contributed by atoms with Crippen molar-refractivity contribution in [1.29, 1.82) is 0 Å². The Labute approximate surface area is 139 Å². The molecule has 1 aromatic carbocycles. The summed E-state index contributed by atoms with van der Waals surface area (Å²) in [4.78, 5) is 3.33. The highest BCUT2D eigenvalue weighted by Crippen LogP contribution is 2.34. The van der Waals surface area contributed by atoms with E-state index in [1.807, 2.05) is 0 Å². The van der Waals surface area contributed by atoms with Crippen LogP contribution in [-0.4, -0.2) is 29.2 Å². The highest BCUT2D eigenvalue weighted by Gasteiger charge is 2.43. The quantitative estimate of drug-likeness (QED) is 0.712. The molecule has 0 bridgehead atoms. The van der Waals surface area contributed by atoms with E-state index < -0.39 is 38.5 Å². The number of benzene rings is 1. The second-order valence-electron chi connectivity index (χ2n) is 5.07. The third-order valence-corrected chi connectivity index (χ3v) is 4.71. The molecule has 2 heterocycles. The standard InChI is InChI=1S/C14H10F4N4O2S/c15-10-3-1-9(2-4-10)13(14(16,17)18)21-25(23,24)11-7-19-12-5-6-20-22(12)8-11/h1-8,13,21H/t13-/m1/s1. The maximum Gasteiger partial charge on any atom is 0.408 e. The van der Waals surface area contributed by atoms with Crippen LogP contribution in [-0.2, 0) is 10.0 Å². The third-order valence-electron chi connectivity index (χ3n) is 3.34. The lowest BCUT2D eigenvalue weighted by Crippen LogP contribution is -2.38. The monoisotopic (exact) mass is 374 g/mol. The summed E-state index contributed by atoms with van der Waals surface area (Å²) in [6.45, 7) is 0. The molecule has 0 aliphatic heterocycles. The van der Waals surface area contributed by atoms with Crippen LogP contribution in [0.25, 0.3) is 5.65 Å². The molecule has 1 atom stereocenters. The molecule has 25 heavy (non-hydrogen) atoms. The van der Waals surface area contributed by atoms with Crippen molar-refractivity contribution in [3.8, 4) is 0 Å². The Morgan fingerprint density at radius 1 is 1.12 bits per heavy atom. The van der Waals surface area contributed by atoms with Crippen molar-refractivity contribution in [1.82, 2.24) is 19.3 Å². The molecule has 1 N–H and O–H groups in total. The van der Waals surface area contributed by atoms with E-state index in [0.717, 1.165) is 41.2 Å². The highest BCUT2D eigenvalue weighted by molar-refractivity contribution is 7.89. The van der Waals surface area contributed by atoms with Gasteiger partial charge in [-0.2, -0.15) is 23.0 Å². The third kappa shape index (κ3) is 3.61. The lowest BCUT2D eigenvalue weighted by molar-refractivity contribution is -0.153. The highest BCUT2D eigenvalue weighted by atomic mass is 32.2. The number of alkyl halides is 3. The van der Waals surface area contributed by atoms with Crippen LogP contribution in [0.3, 0.4) is 0 Å². The zero-order chi connectivity index (χ0) is 18.2. The minimum Gasteiger partial charge on any atom is -0.236 e. The van der Waals surface area contributed by atoms with E-state index in [-0.39, 0.29) is 0 Å². The molecule has 0 amide bonds. The summed E-state index contributed by atoms with van der Waals surface area (Å²) in [6, 6.07) is 2.34. The van der Waals surface area contributed by atoms with Crippen molar-refractivity contribution in [2.75, 3.05) is 0 Å². The molecule has 132 valence electrons. The van der Waals surface area contributed by atoms with Crippen LogP contribution >= 0.6 is 0 Å². The summed E-state index contributed by atoms with van der Waals surface area (Å²) in [5, 5.41) is 3.79. The van der Waals surface area contributed by atoms with Gasteiger partial charge in [0, 0.05) is 6.07 Å². The smallest absolute Gasteiger partial charge is 0.236 e. The first-order valence-corrected chi connectivity index (χ1v) is 8.29. The summed E-state index contributed by atoms with van der Waals surface area (Å²) in [7, 11) is -4.56. The first-order valence-electron chi connectivity index (χ1n) is 6.81. The lowest BCUT2D eigenvalue weighted by Gasteiger charge is -2.22. The van der Waals surface area contributed by atoms with Crippen LogP contribution < -0.4 is 4.72 Å². The van der Waals surface area contributed by atoms with Crippen molar-refractivity contribution in [2.45, 2.75) is 17.1 Å². The average molecular weight is 374 g/mol. The van der Waals surface area contributed by atoms with Gasteiger partial charge >= 0.3 is 6.18 Å². The molecule has 0 unspecified atom stereocenters. The predicted octanol–water partition coefficient (Wildman–Crippen LogP) is 2.45. The van der Waals surface area contributed by atoms with Crippen LogP contribution in [0, 0.1) is 5.82 Å². The molecule has 3 rings (SSSR count). The number of nitrogens with zero attached hydrogens (tertiary/aromatic N) is 3. The Morgan fingerprint density at radius 2 is 1.80 bits per heavy atom. The van der Waals surface area contributed by atoms with Crippen LogP contribution in [0.4, 0.5) is 17.6 Å². The van der Waals surface area contributed by atoms with Gasteiger partial charge in [0.25, 0.3) is 0 Å². The summed E-state index contributed by atoms with van der Waals surface area (Å²) in [6.07, 6.45) is -1.59. The van der Waals surface area contributed by atoms with Gasteiger partial charge in [0.05, 0.1) is 18.6 Å². The van der Waals surface area contributed by atoms with Gasteiger partial charge in [0.2, 0.25) is 10.0 Å². The Morgan fingerprint density at radius 3 is 2.44 bits per heavy atom. The molecule has 0 aliphatic carbocycles. The molecule has 2 aromatic heterocycles. The molecule has 11 heteroatoms. The summed E-state index contributed by atoms with van der Waals surface area (Å²) in [5.41, 5.74) is -0.101. The number of hydrogen-bond donors (Lipinski definition) is 1. The molecule has 0 saturated carbocycles. The second-order valence-corrected chi connectivity index (χ2v) is 6.79.